The van der Waals surface area contributed by atoms with Crippen molar-refractivity contribution < 1.29 is 0 Å². The molecule has 1 aromatic carbocycles. The van der Waals surface area contributed by atoms with Crippen molar-refractivity contribution in [3.8, 4) is 11.5 Å². The summed E-state index contributed by atoms with van der Waals surface area (Å²) in [5.41, 5.74) is 4.69. The predicted octanol–water partition coefficient (Wildman–Crippen LogP) is 4.68. The van der Waals surface area contributed by atoms with Crippen LogP contribution in [-0.2, 0) is 12.5 Å². The van der Waals surface area contributed by atoms with Gasteiger partial charge in [0.05, 0.1) is 27.1 Å². The first-order chi connectivity index (χ1) is 16.0. The summed E-state index contributed by atoms with van der Waals surface area (Å²) in [7, 11) is 2.00. The molecule has 2 fully saturated rings. The van der Waals surface area contributed by atoms with Gasteiger partial charge in [0.1, 0.15) is 5.69 Å². The average molecular weight is 514 g/mol. The lowest BCUT2D eigenvalue weighted by Gasteiger charge is -2.21. The van der Waals surface area contributed by atoms with Gasteiger partial charge in [-0.2, -0.15) is 0 Å². The highest BCUT2D eigenvalue weighted by atomic mass is 35.5. The molecule has 2 aliphatic rings. The largest absolute Gasteiger partial charge is 0.304 e. The van der Waals surface area contributed by atoms with E-state index in [0.717, 1.165) is 52.0 Å². The van der Waals surface area contributed by atoms with Crippen LogP contribution in [0, 0.1) is 19.8 Å². The number of aromatic nitrogens is 6. The van der Waals surface area contributed by atoms with Gasteiger partial charge in [-0.3, -0.25) is 4.98 Å². The fourth-order valence-corrected chi connectivity index (χ4v) is 6.82. The molecule has 178 valence electrons. The number of rotatable bonds is 7. The van der Waals surface area contributed by atoms with Gasteiger partial charge in [0.25, 0.3) is 0 Å². The summed E-state index contributed by atoms with van der Waals surface area (Å²) < 4.78 is 3.32. The number of aryl methyl sites for hydroxylation is 2. The molecule has 4 aromatic rings. The molecule has 1 saturated heterocycles. The number of hydrogen-bond donors (Lipinski definition) is 0. The Bertz CT molecular complexity index is 1320. The Balaban J connectivity index is 0.00000241. The standard InChI is InChI=1S/C24H27N7S2.ClH/c1-15-11-26-20(12-25-15)22-28-29-23(30(22)3)32-8-4-7-31-13-18-10-24(18,14-31)17-5-6-21-19(9-17)27-16(2)33-21;/h5-6,9,11-12,18H,4,7-8,10,13-14H2,1-3H3;1H/t18-,24+;/m1./s1. The van der Waals surface area contributed by atoms with E-state index < -0.39 is 0 Å². The van der Waals surface area contributed by atoms with Crippen LogP contribution < -0.4 is 0 Å². The summed E-state index contributed by atoms with van der Waals surface area (Å²) in [6.45, 7) is 7.56. The Kier molecular flexibility index (Phi) is 6.39. The summed E-state index contributed by atoms with van der Waals surface area (Å²) >= 11 is 3.56. The van der Waals surface area contributed by atoms with Gasteiger partial charge in [0.15, 0.2) is 11.0 Å². The van der Waals surface area contributed by atoms with Crippen LogP contribution in [0.4, 0.5) is 0 Å². The quantitative estimate of drug-likeness (QED) is 0.262. The molecule has 3 aromatic heterocycles. The van der Waals surface area contributed by atoms with Gasteiger partial charge in [-0.15, -0.1) is 33.9 Å². The third-order valence-electron chi connectivity index (χ3n) is 6.98. The van der Waals surface area contributed by atoms with Crippen molar-refractivity contribution in [1.82, 2.24) is 34.6 Å². The van der Waals surface area contributed by atoms with Crippen molar-refractivity contribution in [3.63, 3.8) is 0 Å². The second kappa shape index (κ2) is 9.18. The molecule has 0 N–H and O–H groups in total. The average Bonchev–Trinajstić information content (AvgIpc) is 3.08. The van der Waals surface area contributed by atoms with E-state index in [1.165, 1.54) is 35.3 Å². The minimum atomic E-state index is 0. The first-order valence-electron chi connectivity index (χ1n) is 11.4. The van der Waals surface area contributed by atoms with E-state index in [1.54, 1.807) is 35.5 Å². The van der Waals surface area contributed by atoms with Crippen LogP contribution in [0.1, 0.15) is 29.1 Å². The predicted molar refractivity (Wildman–Crippen MR) is 140 cm³/mol. The van der Waals surface area contributed by atoms with Gasteiger partial charge < -0.3 is 9.47 Å². The monoisotopic (exact) mass is 513 g/mol. The Morgan fingerprint density at radius 2 is 2.06 bits per heavy atom. The van der Waals surface area contributed by atoms with Crippen molar-refractivity contribution in [3.05, 3.63) is 46.9 Å². The molecule has 6 rings (SSSR count). The fraction of sp³-hybridized carbons (Fsp3) is 0.458. The molecule has 4 heterocycles. The lowest BCUT2D eigenvalue weighted by atomic mass is 9.95. The van der Waals surface area contributed by atoms with Gasteiger partial charge in [-0.1, -0.05) is 17.8 Å². The van der Waals surface area contributed by atoms with E-state index in [0.29, 0.717) is 5.41 Å². The Labute approximate surface area is 213 Å². The Hall–Kier alpha value is -2.07. The first kappa shape index (κ1) is 23.7. The molecular formula is C24H28ClN7S2. The van der Waals surface area contributed by atoms with E-state index >= 15 is 0 Å². The molecule has 0 radical (unpaired) electrons. The van der Waals surface area contributed by atoms with Gasteiger partial charge in [0.2, 0.25) is 0 Å². The Morgan fingerprint density at radius 3 is 2.88 bits per heavy atom. The van der Waals surface area contributed by atoms with Crippen molar-refractivity contribution in [2.24, 2.45) is 13.0 Å². The van der Waals surface area contributed by atoms with Crippen LogP contribution in [0.15, 0.2) is 35.7 Å². The zero-order chi connectivity index (χ0) is 22.6. The zero-order valence-corrected chi connectivity index (χ0v) is 22.0. The third kappa shape index (κ3) is 4.23. The summed E-state index contributed by atoms with van der Waals surface area (Å²) in [5, 5.41) is 10.8. The molecule has 0 bridgehead atoms. The number of likely N-dealkylation sites (tertiary alicyclic amines) is 1. The van der Waals surface area contributed by atoms with Crippen LogP contribution in [0.3, 0.4) is 0 Å². The number of benzene rings is 1. The van der Waals surface area contributed by atoms with Crippen molar-refractivity contribution in [1.29, 1.82) is 0 Å². The first-order valence-corrected chi connectivity index (χ1v) is 13.2. The topological polar surface area (TPSA) is 72.6 Å². The summed E-state index contributed by atoms with van der Waals surface area (Å²) in [6.07, 6.45) is 6.00. The summed E-state index contributed by atoms with van der Waals surface area (Å²) in [6, 6.07) is 6.97. The van der Waals surface area contributed by atoms with Gasteiger partial charge in [-0.25, -0.2) is 9.97 Å². The van der Waals surface area contributed by atoms with Crippen LogP contribution in [0.5, 0.6) is 0 Å². The third-order valence-corrected chi connectivity index (χ3v) is 9.04. The SMILES string of the molecule is Cc1cnc(-c2nnc(SCCCN3C[C@H]4C[C@@]4(c4ccc5sc(C)nc5c4)C3)n2C)cn1.Cl. The number of thioether (sulfide) groups is 1. The van der Waals surface area contributed by atoms with E-state index in [4.69, 9.17) is 4.98 Å². The maximum Gasteiger partial charge on any atom is 0.191 e. The molecule has 10 heteroatoms. The zero-order valence-electron chi connectivity index (χ0n) is 19.6. The second-order valence-corrected chi connectivity index (χ2v) is 11.6. The minimum Gasteiger partial charge on any atom is -0.304 e. The molecule has 7 nitrogen and oxygen atoms in total. The maximum atomic E-state index is 4.72. The summed E-state index contributed by atoms with van der Waals surface area (Å²) in [5.74, 6) is 2.60. The maximum absolute atomic E-state index is 4.72. The van der Waals surface area contributed by atoms with Gasteiger partial charge in [-0.05, 0) is 56.8 Å². The lowest BCUT2D eigenvalue weighted by Crippen LogP contribution is -2.27. The number of halogens is 1. The molecule has 1 aliphatic heterocycles. The highest BCUT2D eigenvalue weighted by Gasteiger charge is 2.60. The normalized spacial score (nSPS) is 21.6. The number of piperidine rings is 1. The van der Waals surface area contributed by atoms with E-state index in [-0.39, 0.29) is 12.4 Å². The minimum absolute atomic E-state index is 0. The molecule has 0 unspecified atom stereocenters. The lowest BCUT2D eigenvalue weighted by molar-refractivity contribution is 0.299. The Morgan fingerprint density at radius 1 is 1.18 bits per heavy atom. The van der Waals surface area contributed by atoms with E-state index in [9.17, 15) is 0 Å². The number of hydrogen-bond acceptors (Lipinski definition) is 8. The number of thiazole rings is 1. The highest BCUT2D eigenvalue weighted by Crippen LogP contribution is 2.59. The van der Waals surface area contributed by atoms with Gasteiger partial charge >= 0.3 is 0 Å². The highest BCUT2D eigenvalue weighted by molar-refractivity contribution is 7.99. The van der Waals surface area contributed by atoms with Crippen molar-refractivity contribution >= 4 is 45.7 Å². The summed E-state index contributed by atoms with van der Waals surface area (Å²) in [4.78, 5) is 16.1. The molecule has 1 aliphatic carbocycles. The fourth-order valence-electron chi connectivity index (χ4n) is 5.18. The van der Waals surface area contributed by atoms with Gasteiger partial charge in [0, 0.05) is 37.5 Å². The van der Waals surface area contributed by atoms with E-state index in [2.05, 4.69) is 50.2 Å². The van der Waals surface area contributed by atoms with E-state index in [1.807, 2.05) is 18.5 Å². The molecule has 1 saturated carbocycles. The number of fused-ring (bicyclic) bond motifs is 2. The molecule has 2 atom stereocenters. The molecule has 0 spiro atoms. The smallest absolute Gasteiger partial charge is 0.191 e. The molecule has 0 amide bonds. The van der Waals surface area contributed by atoms with Crippen LogP contribution in [-0.4, -0.2) is 60.0 Å². The second-order valence-electron chi connectivity index (χ2n) is 9.32. The van der Waals surface area contributed by atoms with Crippen molar-refractivity contribution in [2.45, 2.75) is 37.3 Å². The van der Waals surface area contributed by atoms with Crippen LogP contribution >= 0.6 is 35.5 Å². The molecule has 34 heavy (non-hydrogen) atoms. The van der Waals surface area contributed by atoms with Crippen LogP contribution in [0.2, 0.25) is 0 Å². The number of nitrogens with zero attached hydrogens (tertiary/aromatic N) is 7. The molecular weight excluding hydrogens is 486 g/mol. The van der Waals surface area contributed by atoms with Crippen molar-refractivity contribution in [2.75, 3.05) is 25.4 Å². The van der Waals surface area contributed by atoms with Crippen LogP contribution in [0.25, 0.3) is 21.7 Å².